The van der Waals surface area contributed by atoms with Crippen molar-refractivity contribution in [2.75, 3.05) is 13.2 Å². The van der Waals surface area contributed by atoms with Crippen molar-refractivity contribution < 1.29 is 14.6 Å². The minimum absolute atomic E-state index is 0.200. The minimum Gasteiger partial charge on any atom is -0.508 e. The summed E-state index contributed by atoms with van der Waals surface area (Å²) in [4.78, 5) is 0. The smallest absolute Gasteiger partial charge is 0.119 e. The van der Waals surface area contributed by atoms with Gasteiger partial charge in [0.2, 0.25) is 0 Å². The van der Waals surface area contributed by atoms with Crippen LogP contribution in [0.4, 0.5) is 0 Å². The van der Waals surface area contributed by atoms with E-state index in [1.54, 1.807) is 6.07 Å². The van der Waals surface area contributed by atoms with Gasteiger partial charge >= 0.3 is 0 Å². The number of phenols is 1. The second kappa shape index (κ2) is 5.41. The summed E-state index contributed by atoms with van der Waals surface area (Å²) in [5, 5.41) is 9.69. The van der Waals surface area contributed by atoms with Crippen LogP contribution >= 0.6 is 0 Å². The largest absolute Gasteiger partial charge is 0.508 e. The molecule has 110 valence electrons. The topological polar surface area (TPSA) is 42.0 Å². The summed E-state index contributed by atoms with van der Waals surface area (Å²) in [7, 11) is 0. The molecule has 0 spiro atoms. The van der Waals surface area contributed by atoms with Gasteiger partial charge in [0.15, 0.2) is 0 Å². The molecular formula is C18H20O3. The highest BCUT2D eigenvalue weighted by Crippen LogP contribution is 2.34. The predicted molar refractivity (Wildman–Crippen MR) is 81.9 cm³/mol. The highest BCUT2D eigenvalue weighted by atomic mass is 16.6. The van der Waals surface area contributed by atoms with Crippen LogP contribution in [-0.2, 0) is 10.2 Å². The lowest BCUT2D eigenvalue weighted by atomic mass is 9.78. The summed E-state index contributed by atoms with van der Waals surface area (Å²) in [6.07, 6.45) is 0.257. The number of hydrogen-bond donors (Lipinski definition) is 1. The van der Waals surface area contributed by atoms with E-state index in [-0.39, 0.29) is 11.5 Å². The van der Waals surface area contributed by atoms with Gasteiger partial charge in [-0.25, -0.2) is 0 Å². The number of ether oxygens (including phenoxy) is 2. The van der Waals surface area contributed by atoms with Gasteiger partial charge in [0.25, 0.3) is 0 Å². The van der Waals surface area contributed by atoms with Crippen molar-refractivity contribution in [2.45, 2.75) is 25.4 Å². The fourth-order valence-electron chi connectivity index (χ4n) is 2.39. The van der Waals surface area contributed by atoms with E-state index in [0.29, 0.717) is 12.4 Å². The Labute approximate surface area is 125 Å². The first-order valence-corrected chi connectivity index (χ1v) is 7.20. The maximum absolute atomic E-state index is 9.69. The Kier molecular flexibility index (Phi) is 3.60. The van der Waals surface area contributed by atoms with E-state index in [0.717, 1.165) is 23.5 Å². The van der Waals surface area contributed by atoms with Crippen molar-refractivity contribution in [1.82, 2.24) is 0 Å². The van der Waals surface area contributed by atoms with Gasteiger partial charge in [0, 0.05) is 5.41 Å². The van der Waals surface area contributed by atoms with Crippen molar-refractivity contribution in [3.63, 3.8) is 0 Å². The molecule has 1 fully saturated rings. The fourth-order valence-corrected chi connectivity index (χ4v) is 2.39. The third-order valence-electron chi connectivity index (χ3n) is 3.96. The van der Waals surface area contributed by atoms with Crippen molar-refractivity contribution in [2.24, 2.45) is 0 Å². The number of aromatic hydroxyl groups is 1. The molecule has 3 nitrogen and oxygen atoms in total. The average molecular weight is 284 g/mol. The molecular weight excluding hydrogens is 264 g/mol. The highest BCUT2D eigenvalue weighted by molar-refractivity contribution is 5.43. The van der Waals surface area contributed by atoms with E-state index in [2.05, 4.69) is 26.0 Å². The molecule has 21 heavy (non-hydrogen) atoms. The number of epoxide rings is 1. The number of phenolic OH excluding ortho intramolecular Hbond substituents is 1. The van der Waals surface area contributed by atoms with Gasteiger partial charge in [-0.05, 0) is 35.4 Å². The molecule has 2 aromatic carbocycles. The summed E-state index contributed by atoms with van der Waals surface area (Å²) in [6, 6.07) is 15.5. The zero-order valence-corrected chi connectivity index (χ0v) is 12.4. The van der Waals surface area contributed by atoms with E-state index in [1.807, 2.05) is 30.3 Å². The van der Waals surface area contributed by atoms with Gasteiger partial charge in [-0.1, -0.05) is 38.1 Å². The zero-order chi connectivity index (χ0) is 14.9. The van der Waals surface area contributed by atoms with Crippen LogP contribution in [0.1, 0.15) is 25.0 Å². The van der Waals surface area contributed by atoms with Crippen LogP contribution in [0.25, 0.3) is 0 Å². The van der Waals surface area contributed by atoms with E-state index in [4.69, 9.17) is 9.47 Å². The molecule has 1 aliphatic rings. The van der Waals surface area contributed by atoms with Gasteiger partial charge in [-0.2, -0.15) is 0 Å². The Morgan fingerprint density at radius 1 is 1.14 bits per heavy atom. The fraction of sp³-hybridized carbons (Fsp3) is 0.333. The van der Waals surface area contributed by atoms with Crippen molar-refractivity contribution in [1.29, 1.82) is 0 Å². The van der Waals surface area contributed by atoms with Gasteiger partial charge in [-0.3, -0.25) is 0 Å². The maximum atomic E-state index is 9.69. The molecule has 0 saturated carbocycles. The first-order valence-electron chi connectivity index (χ1n) is 7.20. The Hall–Kier alpha value is -2.00. The third-order valence-corrected chi connectivity index (χ3v) is 3.96. The molecule has 1 atom stereocenters. The quantitative estimate of drug-likeness (QED) is 0.854. The monoisotopic (exact) mass is 284 g/mol. The Balaban J connectivity index is 1.85. The molecule has 0 radical (unpaired) electrons. The van der Waals surface area contributed by atoms with Crippen LogP contribution < -0.4 is 4.74 Å². The van der Waals surface area contributed by atoms with Crippen LogP contribution in [-0.4, -0.2) is 24.4 Å². The van der Waals surface area contributed by atoms with Crippen LogP contribution in [0.2, 0.25) is 0 Å². The average Bonchev–Trinajstić information content (AvgIpc) is 3.30. The van der Waals surface area contributed by atoms with Crippen LogP contribution in [0, 0.1) is 0 Å². The highest BCUT2D eigenvalue weighted by Gasteiger charge is 2.25. The summed E-state index contributed by atoms with van der Waals surface area (Å²) in [5.74, 6) is 1.15. The molecule has 0 aliphatic carbocycles. The first kappa shape index (κ1) is 14.0. The Morgan fingerprint density at radius 2 is 1.81 bits per heavy atom. The molecule has 2 aromatic rings. The lowest BCUT2D eigenvalue weighted by Gasteiger charge is -2.26. The summed E-state index contributed by atoms with van der Waals surface area (Å²) < 4.78 is 10.9. The molecule has 3 heteroatoms. The molecule has 3 rings (SSSR count). The van der Waals surface area contributed by atoms with Crippen molar-refractivity contribution in [3.05, 3.63) is 59.7 Å². The summed E-state index contributed by atoms with van der Waals surface area (Å²) in [6.45, 7) is 5.69. The normalized spacial score (nSPS) is 17.5. The molecule has 0 amide bonds. The zero-order valence-electron chi connectivity index (χ0n) is 12.4. The van der Waals surface area contributed by atoms with E-state index >= 15 is 0 Å². The van der Waals surface area contributed by atoms with Gasteiger partial charge in [0.1, 0.15) is 24.2 Å². The molecule has 1 heterocycles. The molecule has 1 unspecified atom stereocenters. The second-order valence-corrected chi connectivity index (χ2v) is 5.97. The van der Waals surface area contributed by atoms with Gasteiger partial charge in [0.05, 0.1) is 6.61 Å². The van der Waals surface area contributed by atoms with Gasteiger partial charge < -0.3 is 14.6 Å². The van der Waals surface area contributed by atoms with Crippen molar-refractivity contribution in [3.8, 4) is 11.5 Å². The summed E-state index contributed by atoms with van der Waals surface area (Å²) >= 11 is 0. The van der Waals surface area contributed by atoms with E-state index in [1.165, 1.54) is 0 Å². The molecule has 0 aromatic heterocycles. The van der Waals surface area contributed by atoms with Crippen LogP contribution in [0.15, 0.2) is 48.5 Å². The SMILES string of the molecule is CC(C)(c1cccc(O)c1)c1cccc(OCC2CO2)c1. The predicted octanol–water partition coefficient (Wildman–Crippen LogP) is 3.50. The molecule has 1 saturated heterocycles. The number of hydrogen-bond acceptors (Lipinski definition) is 3. The molecule has 0 bridgehead atoms. The minimum atomic E-state index is -0.200. The van der Waals surface area contributed by atoms with E-state index < -0.39 is 0 Å². The van der Waals surface area contributed by atoms with Gasteiger partial charge in [-0.15, -0.1) is 0 Å². The maximum Gasteiger partial charge on any atom is 0.119 e. The van der Waals surface area contributed by atoms with Crippen LogP contribution in [0.5, 0.6) is 11.5 Å². The lowest BCUT2D eigenvalue weighted by molar-refractivity contribution is 0.262. The molecule has 1 aliphatic heterocycles. The number of rotatable bonds is 5. The number of benzene rings is 2. The molecule has 1 N–H and O–H groups in total. The van der Waals surface area contributed by atoms with E-state index in [9.17, 15) is 5.11 Å². The summed E-state index contributed by atoms with van der Waals surface area (Å²) in [5.41, 5.74) is 2.03. The Bertz CT molecular complexity index is 630. The van der Waals surface area contributed by atoms with Crippen LogP contribution in [0.3, 0.4) is 0 Å². The standard InChI is InChI=1S/C18H20O3/c1-18(2,13-5-3-7-15(19)9-13)14-6-4-8-16(10-14)20-11-17-12-21-17/h3-10,17,19H,11-12H2,1-2H3. The Morgan fingerprint density at radius 3 is 2.48 bits per heavy atom. The van der Waals surface area contributed by atoms with Crippen molar-refractivity contribution >= 4 is 0 Å². The third kappa shape index (κ3) is 3.19. The first-order chi connectivity index (χ1) is 10.1. The second-order valence-electron chi connectivity index (χ2n) is 5.97. The lowest BCUT2D eigenvalue weighted by Crippen LogP contribution is -2.19.